The molecule has 3 aromatic rings. The maximum atomic E-state index is 13.5. The number of nitrogens with two attached hydrogens (primary N) is 1. The zero-order chi connectivity index (χ0) is 21.0. The van der Waals surface area contributed by atoms with Crippen LogP contribution in [0.5, 0.6) is 11.5 Å². The van der Waals surface area contributed by atoms with Gasteiger partial charge in [0, 0.05) is 36.1 Å². The monoisotopic (exact) mass is 399 g/mol. The van der Waals surface area contributed by atoms with Gasteiger partial charge in [-0.2, -0.15) is 0 Å². The summed E-state index contributed by atoms with van der Waals surface area (Å²) in [4.78, 5) is 27.8. The fourth-order valence-corrected chi connectivity index (χ4v) is 4.07. The van der Waals surface area contributed by atoms with Crippen molar-refractivity contribution in [2.24, 2.45) is 10.7 Å². The Morgan fingerprint density at radius 2 is 1.77 bits per heavy atom. The fraction of sp³-hybridized carbons (Fsp3) is 0.217. The largest absolute Gasteiger partial charge is 0.457 e. The highest BCUT2D eigenvalue weighted by Crippen LogP contribution is 2.52. The van der Waals surface area contributed by atoms with Gasteiger partial charge in [-0.25, -0.2) is 15.0 Å². The van der Waals surface area contributed by atoms with Crippen LogP contribution in [0.15, 0.2) is 60.1 Å². The number of likely N-dealkylation sites (N-methyl/N-ethyl adjacent to an activating group) is 1. The van der Waals surface area contributed by atoms with Crippen LogP contribution in [0.4, 0.5) is 0 Å². The van der Waals surface area contributed by atoms with Crippen molar-refractivity contribution in [1.82, 2.24) is 14.9 Å². The van der Waals surface area contributed by atoms with Crippen molar-refractivity contribution in [3.05, 3.63) is 71.8 Å². The molecule has 0 bridgehead atoms. The third kappa shape index (κ3) is 2.45. The van der Waals surface area contributed by atoms with E-state index in [4.69, 9.17) is 15.5 Å². The van der Waals surface area contributed by atoms with Crippen LogP contribution in [0.3, 0.4) is 0 Å². The SMILES string of the molecule is CC(C)c1ccc2c(c1)Oc1ccc(-c3cncnc3)cc1C21N=C(N)N(C)C1=O. The maximum Gasteiger partial charge on any atom is 0.266 e. The molecule has 1 aromatic heterocycles. The van der Waals surface area contributed by atoms with Crippen molar-refractivity contribution in [3.8, 4) is 22.6 Å². The molecule has 0 saturated heterocycles. The first kappa shape index (κ1) is 18.3. The summed E-state index contributed by atoms with van der Waals surface area (Å²) in [6.07, 6.45) is 4.94. The van der Waals surface area contributed by atoms with Crippen LogP contribution in [0.1, 0.15) is 36.5 Å². The number of fused-ring (bicyclic) bond motifs is 4. The summed E-state index contributed by atoms with van der Waals surface area (Å²) in [5, 5.41) is 0. The Balaban J connectivity index is 1.78. The number of carbonyl (C=O) groups is 1. The van der Waals surface area contributed by atoms with Crippen molar-refractivity contribution in [3.63, 3.8) is 0 Å². The van der Waals surface area contributed by atoms with Gasteiger partial charge in [-0.15, -0.1) is 0 Å². The van der Waals surface area contributed by atoms with E-state index in [-0.39, 0.29) is 11.9 Å². The minimum atomic E-state index is -1.27. The average molecular weight is 399 g/mol. The Morgan fingerprint density at radius 1 is 1.00 bits per heavy atom. The summed E-state index contributed by atoms with van der Waals surface area (Å²) in [5.41, 5.74) is 9.02. The van der Waals surface area contributed by atoms with E-state index in [2.05, 4.69) is 23.8 Å². The molecule has 0 saturated carbocycles. The van der Waals surface area contributed by atoms with Crippen LogP contribution >= 0.6 is 0 Å². The first-order valence-corrected chi connectivity index (χ1v) is 9.77. The van der Waals surface area contributed by atoms with Gasteiger partial charge >= 0.3 is 0 Å². The summed E-state index contributed by atoms with van der Waals surface area (Å²) in [7, 11) is 1.64. The molecule has 1 spiro atoms. The van der Waals surface area contributed by atoms with Crippen molar-refractivity contribution in [1.29, 1.82) is 0 Å². The standard InChI is InChI=1S/C23H21N5O2/c1-13(2)14-4-6-17-20(9-14)30-19-7-5-15(16-10-25-12-26-11-16)8-18(19)23(17)21(29)28(3)22(24)27-23/h4-13H,1-3H3,(H2,24,27). The van der Waals surface area contributed by atoms with E-state index < -0.39 is 5.54 Å². The quantitative estimate of drug-likeness (QED) is 0.713. The van der Waals surface area contributed by atoms with Crippen LogP contribution in [-0.4, -0.2) is 33.8 Å². The molecule has 1 atom stereocenters. The van der Waals surface area contributed by atoms with Gasteiger partial charge in [-0.3, -0.25) is 9.69 Å². The van der Waals surface area contributed by atoms with Crippen molar-refractivity contribution in [2.45, 2.75) is 25.3 Å². The lowest BCUT2D eigenvalue weighted by atomic mass is 9.78. The predicted molar refractivity (Wildman–Crippen MR) is 113 cm³/mol. The van der Waals surface area contributed by atoms with E-state index in [1.165, 1.54) is 11.2 Å². The van der Waals surface area contributed by atoms with Crippen LogP contribution in [-0.2, 0) is 10.3 Å². The molecule has 0 fully saturated rings. The Labute approximate surface area is 174 Å². The second-order valence-corrected chi connectivity index (χ2v) is 7.90. The minimum Gasteiger partial charge on any atom is -0.457 e. The van der Waals surface area contributed by atoms with Crippen molar-refractivity contribution < 1.29 is 9.53 Å². The molecule has 5 rings (SSSR count). The lowest BCUT2D eigenvalue weighted by molar-refractivity contribution is -0.129. The molecule has 0 aliphatic carbocycles. The molecule has 150 valence electrons. The zero-order valence-corrected chi connectivity index (χ0v) is 17.0. The number of guanidine groups is 1. The smallest absolute Gasteiger partial charge is 0.266 e. The lowest BCUT2D eigenvalue weighted by Gasteiger charge is -2.34. The van der Waals surface area contributed by atoms with Crippen LogP contribution in [0, 0.1) is 0 Å². The Morgan fingerprint density at radius 3 is 2.43 bits per heavy atom. The second kappa shape index (κ2) is 6.38. The number of aromatic nitrogens is 2. The molecule has 7 nitrogen and oxygen atoms in total. The van der Waals surface area contributed by atoms with Gasteiger partial charge < -0.3 is 10.5 Å². The van der Waals surface area contributed by atoms with Crippen LogP contribution < -0.4 is 10.5 Å². The first-order chi connectivity index (χ1) is 14.4. The Hall–Kier alpha value is -3.74. The molecule has 2 N–H and O–H groups in total. The topological polar surface area (TPSA) is 93.7 Å². The predicted octanol–water partition coefficient (Wildman–Crippen LogP) is 3.40. The molecule has 1 amide bonds. The van der Waals surface area contributed by atoms with Gasteiger partial charge in [-0.05, 0) is 35.2 Å². The Bertz CT molecular complexity index is 1210. The molecule has 3 heterocycles. The van der Waals surface area contributed by atoms with E-state index in [0.717, 1.165) is 16.7 Å². The van der Waals surface area contributed by atoms with Crippen molar-refractivity contribution in [2.75, 3.05) is 7.05 Å². The third-order valence-electron chi connectivity index (χ3n) is 5.79. The number of amides is 1. The van der Waals surface area contributed by atoms with Gasteiger partial charge in [0.05, 0.1) is 0 Å². The number of ether oxygens (including phenoxy) is 1. The molecule has 7 heteroatoms. The number of nitrogens with zero attached hydrogens (tertiary/aromatic N) is 4. The minimum absolute atomic E-state index is 0.181. The summed E-state index contributed by atoms with van der Waals surface area (Å²) in [6, 6.07) is 11.6. The van der Waals surface area contributed by atoms with Crippen LogP contribution in [0.2, 0.25) is 0 Å². The third-order valence-corrected chi connectivity index (χ3v) is 5.79. The number of carbonyl (C=O) groups excluding carboxylic acids is 1. The van der Waals surface area contributed by atoms with E-state index in [1.807, 2.05) is 36.4 Å². The number of aliphatic imine (C=N–C) groups is 1. The van der Waals surface area contributed by atoms with Gasteiger partial charge in [0.2, 0.25) is 5.54 Å². The number of rotatable bonds is 2. The highest BCUT2D eigenvalue weighted by molar-refractivity contribution is 6.10. The number of benzene rings is 2. The maximum absolute atomic E-state index is 13.5. The number of hydrogen-bond acceptors (Lipinski definition) is 6. The van der Waals surface area contributed by atoms with Crippen molar-refractivity contribution >= 4 is 11.9 Å². The summed E-state index contributed by atoms with van der Waals surface area (Å²) in [5.74, 6) is 1.52. The van der Waals surface area contributed by atoms with E-state index in [1.54, 1.807) is 19.4 Å². The summed E-state index contributed by atoms with van der Waals surface area (Å²) < 4.78 is 6.25. The van der Waals surface area contributed by atoms with Gasteiger partial charge in [0.1, 0.15) is 17.8 Å². The molecule has 30 heavy (non-hydrogen) atoms. The molecule has 2 aliphatic heterocycles. The molecule has 2 aromatic carbocycles. The van der Waals surface area contributed by atoms with E-state index in [0.29, 0.717) is 28.5 Å². The molecule has 2 aliphatic rings. The molecular weight excluding hydrogens is 378 g/mol. The summed E-state index contributed by atoms with van der Waals surface area (Å²) >= 11 is 0. The van der Waals surface area contributed by atoms with E-state index >= 15 is 0 Å². The van der Waals surface area contributed by atoms with Gasteiger partial charge in [0.25, 0.3) is 5.91 Å². The Kier molecular flexibility index (Phi) is 3.89. The van der Waals surface area contributed by atoms with Crippen LogP contribution in [0.25, 0.3) is 11.1 Å². The normalized spacial score (nSPS) is 19.5. The average Bonchev–Trinajstić information content (AvgIpc) is 2.98. The second-order valence-electron chi connectivity index (χ2n) is 7.90. The highest BCUT2D eigenvalue weighted by atomic mass is 16.5. The zero-order valence-electron chi connectivity index (χ0n) is 17.0. The molecule has 1 unspecified atom stereocenters. The van der Waals surface area contributed by atoms with E-state index in [9.17, 15) is 4.79 Å². The molecule has 0 radical (unpaired) electrons. The molecular formula is C23H21N5O2. The summed E-state index contributed by atoms with van der Waals surface area (Å²) in [6.45, 7) is 4.24. The number of hydrogen-bond donors (Lipinski definition) is 1. The van der Waals surface area contributed by atoms with Gasteiger partial charge in [0.15, 0.2) is 5.96 Å². The van der Waals surface area contributed by atoms with Gasteiger partial charge in [-0.1, -0.05) is 32.0 Å². The lowest BCUT2D eigenvalue weighted by Crippen LogP contribution is -2.42. The highest BCUT2D eigenvalue weighted by Gasteiger charge is 2.54. The fourth-order valence-electron chi connectivity index (χ4n) is 4.07. The first-order valence-electron chi connectivity index (χ1n) is 9.77.